The molecule has 0 aliphatic carbocycles. The highest BCUT2D eigenvalue weighted by atomic mass is 16.6. The van der Waals surface area contributed by atoms with Gasteiger partial charge in [0.15, 0.2) is 0 Å². The van der Waals surface area contributed by atoms with Crippen LogP contribution in [0, 0.1) is 10.1 Å². The monoisotopic (exact) mass is 229 g/mol. The largest absolute Gasteiger partial charge is 0.389 e. The third-order valence-corrected chi connectivity index (χ3v) is 2.42. The van der Waals surface area contributed by atoms with Crippen molar-refractivity contribution in [3.8, 4) is 0 Å². The summed E-state index contributed by atoms with van der Waals surface area (Å²) in [6.45, 7) is 4.13. The molecule has 86 valence electrons. The van der Waals surface area contributed by atoms with E-state index in [2.05, 4.69) is 11.6 Å². The molecule has 0 spiro atoms. The molecule has 0 unspecified atom stereocenters. The molecule has 17 heavy (non-hydrogen) atoms. The van der Waals surface area contributed by atoms with Crippen LogP contribution in [-0.4, -0.2) is 14.5 Å². The van der Waals surface area contributed by atoms with Gasteiger partial charge in [0.05, 0.1) is 6.54 Å². The van der Waals surface area contributed by atoms with E-state index in [1.165, 1.54) is 12.4 Å². The highest BCUT2D eigenvalue weighted by molar-refractivity contribution is 5.52. The lowest BCUT2D eigenvalue weighted by Gasteiger charge is -2.03. The number of nitrogens with zero attached hydrogens (tertiary/aromatic N) is 3. The van der Waals surface area contributed by atoms with E-state index in [1.54, 1.807) is 4.57 Å². The molecule has 0 radical (unpaired) electrons. The predicted molar refractivity (Wildman–Crippen MR) is 64.5 cm³/mol. The molecule has 2 aromatic rings. The van der Waals surface area contributed by atoms with E-state index in [9.17, 15) is 10.1 Å². The van der Waals surface area contributed by atoms with Crippen molar-refractivity contribution in [2.24, 2.45) is 0 Å². The summed E-state index contributed by atoms with van der Waals surface area (Å²) in [4.78, 5) is 14.0. The van der Waals surface area contributed by atoms with E-state index in [4.69, 9.17) is 0 Å². The summed E-state index contributed by atoms with van der Waals surface area (Å²) in [5, 5.41) is 10.7. The summed E-state index contributed by atoms with van der Waals surface area (Å²) in [7, 11) is 0. The maximum atomic E-state index is 10.7. The number of imidazole rings is 1. The Bertz CT molecular complexity index is 546. The van der Waals surface area contributed by atoms with Gasteiger partial charge in [-0.3, -0.25) is 4.57 Å². The average molecular weight is 229 g/mol. The maximum Gasteiger partial charge on any atom is 0.389 e. The molecule has 0 saturated heterocycles. The van der Waals surface area contributed by atoms with Crippen LogP contribution in [0.4, 0.5) is 5.82 Å². The van der Waals surface area contributed by atoms with Gasteiger partial charge in [0, 0.05) is 0 Å². The van der Waals surface area contributed by atoms with Crippen molar-refractivity contribution < 1.29 is 4.92 Å². The van der Waals surface area contributed by atoms with Crippen LogP contribution in [0.1, 0.15) is 11.3 Å². The van der Waals surface area contributed by atoms with Crippen LogP contribution in [-0.2, 0) is 6.54 Å². The van der Waals surface area contributed by atoms with Crippen molar-refractivity contribution in [2.45, 2.75) is 6.54 Å². The summed E-state index contributed by atoms with van der Waals surface area (Å²) in [5.41, 5.74) is 1.49. The fraction of sp³-hybridized carbons (Fsp3) is 0.0833. The van der Waals surface area contributed by atoms with Crippen LogP contribution in [0.15, 0.2) is 43.2 Å². The number of aromatic nitrogens is 2. The Hall–Kier alpha value is -2.43. The van der Waals surface area contributed by atoms with E-state index in [0.29, 0.717) is 12.2 Å². The van der Waals surface area contributed by atoms with Crippen molar-refractivity contribution in [2.75, 3.05) is 0 Å². The number of rotatable bonds is 4. The molecule has 2 rings (SSSR count). The van der Waals surface area contributed by atoms with Gasteiger partial charge in [-0.1, -0.05) is 36.9 Å². The summed E-state index contributed by atoms with van der Waals surface area (Å²) >= 11 is 0. The molecule has 0 saturated carbocycles. The Morgan fingerprint density at radius 2 is 2.12 bits per heavy atom. The van der Waals surface area contributed by atoms with Crippen LogP contribution in [0.25, 0.3) is 6.08 Å². The smallest absolute Gasteiger partial charge is 0.358 e. The molecular formula is C12H11N3O2. The summed E-state index contributed by atoms with van der Waals surface area (Å²) < 4.78 is 1.71. The standard InChI is InChI=1S/C12H11N3O2/c1-2-11-12(15(16)17)13-9-14(11)8-10-6-4-3-5-7-10/h2-7,9H,1,8H2. The lowest BCUT2D eigenvalue weighted by molar-refractivity contribution is -0.389. The summed E-state index contributed by atoms with van der Waals surface area (Å²) in [6, 6.07) is 9.69. The average Bonchev–Trinajstić information content (AvgIpc) is 2.73. The van der Waals surface area contributed by atoms with E-state index in [0.717, 1.165) is 5.56 Å². The Labute approximate surface area is 98.2 Å². The third-order valence-electron chi connectivity index (χ3n) is 2.42. The van der Waals surface area contributed by atoms with Crippen molar-refractivity contribution in [3.63, 3.8) is 0 Å². The first kappa shape index (κ1) is 11.1. The third kappa shape index (κ3) is 2.23. The molecule has 1 aromatic heterocycles. The molecule has 0 aliphatic rings. The molecule has 0 N–H and O–H groups in total. The van der Waals surface area contributed by atoms with Crippen LogP contribution < -0.4 is 0 Å². The van der Waals surface area contributed by atoms with Gasteiger partial charge in [0.25, 0.3) is 0 Å². The minimum Gasteiger partial charge on any atom is -0.358 e. The van der Waals surface area contributed by atoms with Crippen molar-refractivity contribution in [1.29, 1.82) is 0 Å². The molecular weight excluding hydrogens is 218 g/mol. The molecule has 0 aliphatic heterocycles. The van der Waals surface area contributed by atoms with Crippen LogP contribution >= 0.6 is 0 Å². The Balaban J connectivity index is 2.34. The lowest BCUT2D eigenvalue weighted by atomic mass is 10.2. The molecule has 5 nitrogen and oxygen atoms in total. The Morgan fingerprint density at radius 1 is 1.41 bits per heavy atom. The van der Waals surface area contributed by atoms with Gasteiger partial charge in [0.1, 0.15) is 5.69 Å². The van der Waals surface area contributed by atoms with Gasteiger partial charge in [-0.25, -0.2) is 0 Å². The number of hydrogen-bond acceptors (Lipinski definition) is 3. The first-order chi connectivity index (χ1) is 8.22. The number of nitro groups is 1. The Morgan fingerprint density at radius 3 is 2.71 bits per heavy atom. The van der Waals surface area contributed by atoms with Gasteiger partial charge in [-0.2, -0.15) is 0 Å². The SMILES string of the molecule is C=Cc1c([N+](=O)[O-])ncn1Cc1ccccc1. The first-order valence-corrected chi connectivity index (χ1v) is 5.08. The zero-order valence-corrected chi connectivity index (χ0v) is 9.11. The molecule has 0 fully saturated rings. The molecule has 0 amide bonds. The number of hydrogen-bond donors (Lipinski definition) is 0. The number of benzene rings is 1. The summed E-state index contributed by atoms with van der Waals surface area (Å²) in [5.74, 6) is -0.157. The Kier molecular flexibility index (Phi) is 3.00. The fourth-order valence-corrected chi connectivity index (χ4v) is 1.64. The fourth-order valence-electron chi connectivity index (χ4n) is 1.64. The predicted octanol–water partition coefficient (Wildman–Crippen LogP) is 2.48. The zero-order valence-electron chi connectivity index (χ0n) is 9.11. The molecule has 5 heteroatoms. The first-order valence-electron chi connectivity index (χ1n) is 5.08. The van der Waals surface area contributed by atoms with Gasteiger partial charge in [-0.05, 0) is 21.5 Å². The van der Waals surface area contributed by atoms with E-state index in [-0.39, 0.29) is 5.82 Å². The van der Waals surface area contributed by atoms with Gasteiger partial charge < -0.3 is 10.1 Å². The van der Waals surface area contributed by atoms with Crippen molar-refractivity contribution >= 4 is 11.9 Å². The summed E-state index contributed by atoms with van der Waals surface area (Å²) in [6.07, 6.45) is 2.91. The normalized spacial score (nSPS) is 10.1. The van der Waals surface area contributed by atoms with Crippen LogP contribution in [0.2, 0.25) is 0 Å². The van der Waals surface area contributed by atoms with E-state index >= 15 is 0 Å². The van der Waals surface area contributed by atoms with Crippen molar-refractivity contribution in [3.05, 3.63) is 64.6 Å². The van der Waals surface area contributed by atoms with E-state index in [1.807, 2.05) is 30.3 Å². The molecule has 0 atom stereocenters. The topological polar surface area (TPSA) is 61.0 Å². The minimum absolute atomic E-state index is 0.157. The van der Waals surface area contributed by atoms with Crippen molar-refractivity contribution in [1.82, 2.24) is 9.55 Å². The van der Waals surface area contributed by atoms with Gasteiger partial charge in [-0.15, -0.1) is 0 Å². The van der Waals surface area contributed by atoms with E-state index < -0.39 is 4.92 Å². The minimum atomic E-state index is -0.501. The highest BCUT2D eigenvalue weighted by Gasteiger charge is 2.18. The lowest BCUT2D eigenvalue weighted by Crippen LogP contribution is -2.01. The molecule has 1 heterocycles. The van der Waals surface area contributed by atoms with Crippen LogP contribution in [0.3, 0.4) is 0 Å². The second-order valence-electron chi connectivity index (χ2n) is 3.53. The maximum absolute atomic E-state index is 10.7. The van der Waals surface area contributed by atoms with Gasteiger partial charge >= 0.3 is 5.82 Å². The quantitative estimate of drug-likeness (QED) is 0.597. The molecule has 0 bridgehead atoms. The van der Waals surface area contributed by atoms with Crippen LogP contribution in [0.5, 0.6) is 0 Å². The zero-order chi connectivity index (χ0) is 12.3. The second-order valence-corrected chi connectivity index (χ2v) is 3.53. The highest BCUT2D eigenvalue weighted by Crippen LogP contribution is 2.18. The second kappa shape index (κ2) is 4.61. The molecule has 1 aromatic carbocycles. The van der Waals surface area contributed by atoms with Gasteiger partial charge in [0.2, 0.25) is 6.33 Å².